The highest BCUT2D eigenvalue weighted by atomic mass is 79.9. The minimum Gasteiger partial charge on any atom is -0.380 e. The predicted molar refractivity (Wildman–Crippen MR) is 91.3 cm³/mol. The van der Waals surface area contributed by atoms with Crippen molar-refractivity contribution in [3.05, 3.63) is 62.0 Å². The number of benzene rings is 2. The van der Waals surface area contributed by atoms with Gasteiger partial charge in [0.25, 0.3) is 5.91 Å². The van der Waals surface area contributed by atoms with E-state index in [4.69, 9.17) is 23.2 Å². The van der Waals surface area contributed by atoms with Gasteiger partial charge in [-0.1, -0.05) is 39.1 Å². The van der Waals surface area contributed by atoms with Crippen molar-refractivity contribution < 1.29 is 4.79 Å². The second kappa shape index (κ2) is 7.16. The fraction of sp³-hybridized carbons (Fsp3) is 0.133. The van der Waals surface area contributed by atoms with Gasteiger partial charge in [-0.05, 0) is 42.0 Å². The second-order valence-corrected chi connectivity index (χ2v) is 6.09. The Hall–Kier alpha value is -1.23. The maximum atomic E-state index is 11.6. The third-order valence-corrected chi connectivity index (χ3v) is 4.12. The molecule has 0 bridgehead atoms. The van der Waals surface area contributed by atoms with Crippen LogP contribution >= 0.6 is 39.1 Å². The number of carbonyl (C=O) groups is 1. The molecule has 0 aromatic heterocycles. The maximum Gasteiger partial charge on any atom is 0.251 e. The molecule has 0 aliphatic carbocycles. The van der Waals surface area contributed by atoms with Crippen molar-refractivity contribution in [3.63, 3.8) is 0 Å². The lowest BCUT2D eigenvalue weighted by Gasteiger charge is -2.11. The normalized spacial score (nSPS) is 10.3. The molecule has 2 aromatic carbocycles. The van der Waals surface area contributed by atoms with Crippen LogP contribution in [0, 0.1) is 0 Å². The van der Waals surface area contributed by atoms with Crippen molar-refractivity contribution in [2.75, 3.05) is 12.4 Å². The van der Waals surface area contributed by atoms with Gasteiger partial charge in [0.15, 0.2) is 0 Å². The SMILES string of the molecule is CNC(=O)c1ccc(Cl)c(NCc2cc(Br)ccc2Cl)c1. The molecule has 0 atom stereocenters. The van der Waals surface area contributed by atoms with Crippen LogP contribution in [0.25, 0.3) is 0 Å². The van der Waals surface area contributed by atoms with Gasteiger partial charge in [-0.3, -0.25) is 4.79 Å². The zero-order chi connectivity index (χ0) is 15.4. The first kappa shape index (κ1) is 16.1. The summed E-state index contributed by atoms with van der Waals surface area (Å²) in [6.45, 7) is 0.509. The highest BCUT2D eigenvalue weighted by molar-refractivity contribution is 9.10. The molecule has 0 aliphatic rings. The summed E-state index contributed by atoms with van der Waals surface area (Å²) in [5.41, 5.74) is 2.17. The van der Waals surface area contributed by atoms with Gasteiger partial charge >= 0.3 is 0 Å². The zero-order valence-corrected chi connectivity index (χ0v) is 14.3. The van der Waals surface area contributed by atoms with Gasteiger partial charge in [0.2, 0.25) is 0 Å². The van der Waals surface area contributed by atoms with E-state index >= 15 is 0 Å². The number of hydrogen-bond donors (Lipinski definition) is 2. The number of rotatable bonds is 4. The summed E-state index contributed by atoms with van der Waals surface area (Å²) in [6.07, 6.45) is 0. The molecule has 6 heteroatoms. The molecule has 0 radical (unpaired) electrons. The lowest BCUT2D eigenvalue weighted by molar-refractivity contribution is 0.0963. The Morgan fingerprint density at radius 1 is 1.14 bits per heavy atom. The number of anilines is 1. The van der Waals surface area contributed by atoms with Crippen LogP contribution in [0.5, 0.6) is 0 Å². The molecule has 3 nitrogen and oxygen atoms in total. The molecule has 0 unspecified atom stereocenters. The van der Waals surface area contributed by atoms with E-state index in [9.17, 15) is 4.79 Å². The van der Waals surface area contributed by atoms with Gasteiger partial charge in [-0.25, -0.2) is 0 Å². The van der Waals surface area contributed by atoms with Crippen LogP contribution in [0.4, 0.5) is 5.69 Å². The molecule has 0 saturated carbocycles. The van der Waals surface area contributed by atoms with E-state index in [1.54, 1.807) is 25.2 Å². The van der Waals surface area contributed by atoms with Gasteiger partial charge in [0, 0.05) is 28.7 Å². The summed E-state index contributed by atoms with van der Waals surface area (Å²) in [6, 6.07) is 10.7. The highest BCUT2D eigenvalue weighted by Gasteiger charge is 2.08. The number of halogens is 3. The Morgan fingerprint density at radius 2 is 1.86 bits per heavy atom. The molecular weight excluding hydrogens is 375 g/mol. The molecule has 0 heterocycles. The summed E-state index contributed by atoms with van der Waals surface area (Å²) in [5.74, 6) is -0.157. The molecule has 2 aromatic rings. The lowest BCUT2D eigenvalue weighted by atomic mass is 10.1. The van der Waals surface area contributed by atoms with Gasteiger partial charge in [-0.15, -0.1) is 0 Å². The van der Waals surface area contributed by atoms with Gasteiger partial charge < -0.3 is 10.6 Å². The van der Waals surface area contributed by atoms with Crippen molar-refractivity contribution in [3.8, 4) is 0 Å². The van der Waals surface area contributed by atoms with Crippen LogP contribution in [0.1, 0.15) is 15.9 Å². The molecule has 0 saturated heterocycles. The quantitative estimate of drug-likeness (QED) is 0.796. The van der Waals surface area contributed by atoms with E-state index in [0.717, 1.165) is 10.0 Å². The van der Waals surface area contributed by atoms with Crippen molar-refractivity contribution >= 4 is 50.7 Å². The van der Waals surface area contributed by atoms with Crippen LogP contribution in [-0.4, -0.2) is 13.0 Å². The van der Waals surface area contributed by atoms with Gasteiger partial charge in [0.05, 0.1) is 10.7 Å². The summed E-state index contributed by atoms with van der Waals surface area (Å²) in [4.78, 5) is 11.6. The van der Waals surface area contributed by atoms with Crippen LogP contribution < -0.4 is 10.6 Å². The topological polar surface area (TPSA) is 41.1 Å². The Balaban J connectivity index is 2.19. The van der Waals surface area contributed by atoms with E-state index in [-0.39, 0.29) is 5.91 Å². The Morgan fingerprint density at radius 3 is 2.57 bits per heavy atom. The van der Waals surface area contributed by atoms with Crippen LogP contribution in [0.15, 0.2) is 40.9 Å². The Labute approximate surface area is 141 Å². The second-order valence-electron chi connectivity index (χ2n) is 4.36. The standard InChI is InChI=1S/C15H13BrCl2N2O/c1-19-15(21)9-2-4-13(18)14(7-9)20-8-10-6-11(16)3-5-12(10)17/h2-7,20H,8H2,1H3,(H,19,21). The first-order valence-electron chi connectivity index (χ1n) is 6.20. The lowest BCUT2D eigenvalue weighted by Crippen LogP contribution is -2.17. The van der Waals surface area contributed by atoms with E-state index in [0.29, 0.717) is 27.8 Å². The smallest absolute Gasteiger partial charge is 0.251 e. The molecule has 0 fully saturated rings. The monoisotopic (exact) mass is 386 g/mol. The van der Waals surface area contributed by atoms with Crippen molar-refractivity contribution in [2.24, 2.45) is 0 Å². The minimum atomic E-state index is -0.157. The number of nitrogens with one attached hydrogen (secondary N) is 2. The number of carbonyl (C=O) groups excluding carboxylic acids is 1. The third kappa shape index (κ3) is 4.13. The fourth-order valence-electron chi connectivity index (χ4n) is 1.82. The number of amides is 1. The van der Waals surface area contributed by atoms with E-state index in [2.05, 4.69) is 26.6 Å². The van der Waals surface area contributed by atoms with Gasteiger partial charge in [-0.2, -0.15) is 0 Å². The number of hydrogen-bond acceptors (Lipinski definition) is 2. The Bertz CT molecular complexity index is 677. The molecule has 2 rings (SSSR count). The largest absolute Gasteiger partial charge is 0.380 e. The average Bonchev–Trinajstić information content (AvgIpc) is 2.48. The summed E-state index contributed by atoms with van der Waals surface area (Å²) < 4.78 is 0.953. The first-order valence-corrected chi connectivity index (χ1v) is 7.75. The molecule has 1 amide bonds. The first-order chi connectivity index (χ1) is 10.0. The van der Waals surface area contributed by atoms with Crippen molar-refractivity contribution in [1.29, 1.82) is 0 Å². The van der Waals surface area contributed by atoms with Crippen molar-refractivity contribution in [1.82, 2.24) is 5.32 Å². The van der Waals surface area contributed by atoms with E-state index in [1.807, 2.05) is 18.2 Å². The summed E-state index contributed by atoms with van der Waals surface area (Å²) in [7, 11) is 1.59. The predicted octanol–water partition coefficient (Wildman–Crippen LogP) is 4.73. The van der Waals surface area contributed by atoms with Gasteiger partial charge in [0.1, 0.15) is 0 Å². The van der Waals surface area contributed by atoms with E-state index in [1.165, 1.54) is 0 Å². The summed E-state index contributed by atoms with van der Waals surface area (Å²) >= 11 is 15.7. The van der Waals surface area contributed by atoms with Crippen LogP contribution in [0.2, 0.25) is 10.0 Å². The summed E-state index contributed by atoms with van der Waals surface area (Å²) in [5, 5.41) is 7.00. The highest BCUT2D eigenvalue weighted by Crippen LogP contribution is 2.26. The van der Waals surface area contributed by atoms with Crippen LogP contribution in [0.3, 0.4) is 0 Å². The molecule has 21 heavy (non-hydrogen) atoms. The molecular formula is C15H13BrCl2N2O. The Kier molecular flexibility index (Phi) is 5.51. The van der Waals surface area contributed by atoms with Crippen molar-refractivity contribution in [2.45, 2.75) is 6.54 Å². The maximum absolute atomic E-state index is 11.6. The zero-order valence-electron chi connectivity index (χ0n) is 11.2. The average molecular weight is 388 g/mol. The molecule has 0 spiro atoms. The minimum absolute atomic E-state index is 0.157. The third-order valence-electron chi connectivity index (χ3n) is 2.93. The van der Waals surface area contributed by atoms with E-state index < -0.39 is 0 Å². The fourth-order valence-corrected chi connectivity index (χ4v) is 2.59. The molecule has 0 aliphatic heterocycles. The van der Waals surface area contributed by atoms with Crippen LogP contribution in [-0.2, 0) is 6.54 Å². The molecule has 110 valence electrons. The molecule has 2 N–H and O–H groups in total.